The molecule has 0 amide bonds. The molecule has 1 aromatic carbocycles. The minimum absolute atomic E-state index is 0.0838. The molecule has 1 aromatic heterocycles. The van der Waals surface area contributed by atoms with Crippen molar-refractivity contribution in [1.82, 2.24) is 9.88 Å². The van der Waals surface area contributed by atoms with Gasteiger partial charge in [0, 0.05) is 38.4 Å². The van der Waals surface area contributed by atoms with E-state index in [0.29, 0.717) is 12.5 Å². The van der Waals surface area contributed by atoms with Crippen molar-refractivity contribution in [3.63, 3.8) is 0 Å². The van der Waals surface area contributed by atoms with E-state index in [1.165, 1.54) is 28.8 Å². The fourth-order valence-corrected chi connectivity index (χ4v) is 5.22. The molecule has 0 aliphatic carbocycles. The van der Waals surface area contributed by atoms with Crippen LogP contribution in [0.15, 0.2) is 18.2 Å². The summed E-state index contributed by atoms with van der Waals surface area (Å²) < 4.78 is 29.0. The Hall–Kier alpha value is -1.13. The Morgan fingerprint density at radius 3 is 3.17 bits per heavy atom. The summed E-state index contributed by atoms with van der Waals surface area (Å²) in [5.41, 5.74) is 3.74. The van der Waals surface area contributed by atoms with Crippen LogP contribution in [-0.4, -0.2) is 48.1 Å². The number of hydrogen-bond acceptors (Lipinski definition) is 3. The number of methoxy groups -OCH3 is 1. The zero-order valence-corrected chi connectivity index (χ0v) is 14.4. The number of nitrogens with one attached hydrogen (secondary N) is 1. The third-order valence-electron chi connectivity index (χ3n) is 5.30. The third-order valence-corrected chi connectivity index (χ3v) is 6.46. The van der Waals surface area contributed by atoms with E-state index in [4.69, 9.17) is 8.85 Å². The van der Waals surface area contributed by atoms with Gasteiger partial charge in [0.15, 0.2) is 0 Å². The number of likely N-dealkylation sites (tertiary alicyclic amines) is 1. The monoisotopic (exact) mass is 333 g/mol. The molecule has 124 valence electrons. The fraction of sp³-hybridized carbons (Fsp3) is 0.579. The Labute approximate surface area is 147 Å². The molecule has 0 saturated carbocycles. The molecule has 0 bridgehead atoms. The summed E-state index contributed by atoms with van der Waals surface area (Å²) in [6.07, 6.45) is 3.90. The normalized spacial score (nSPS) is 28.0. The van der Waals surface area contributed by atoms with Gasteiger partial charge >= 0.3 is 0 Å². The largest absolute Gasteiger partial charge is 0.497 e. The van der Waals surface area contributed by atoms with Crippen molar-refractivity contribution >= 4 is 22.7 Å². The molecular formula is C19H26N2OS. The van der Waals surface area contributed by atoms with Crippen molar-refractivity contribution in [2.75, 3.05) is 32.1 Å². The van der Waals surface area contributed by atoms with Gasteiger partial charge in [0.05, 0.1) is 7.11 Å². The Bertz CT molecular complexity index is 783. The first kappa shape index (κ1) is 12.3. The minimum atomic E-state index is -2.01. The van der Waals surface area contributed by atoms with Gasteiger partial charge in [0.25, 0.3) is 0 Å². The van der Waals surface area contributed by atoms with Gasteiger partial charge in [0.1, 0.15) is 5.75 Å². The maximum Gasteiger partial charge on any atom is 0.119 e. The second-order valence-electron chi connectivity index (χ2n) is 6.68. The highest BCUT2D eigenvalue weighted by molar-refractivity contribution is 7.99. The van der Waals surface area contributed by atoms with Gasteiger partial charge in [-0.2, -0.15) is 11.8 Å². The van der Waals surface area contributed by atoms with Crippen LogP contribution in [0, 0.1) is 0 Å². The summed E-state index contributed by atoms with van der Waals surface area (Å²) in [6, 6.07) is 6.25. The van der Waals surface area contributed by atoms with Gasteiger partial charge in [-0.05, 0) is 68.7 Å². The predicted octanol–water partition coefficient (Wildman–Crippen LogP) is 4.03. The lowest BCUT2D eigenvalue weighted by Crippen LogP contribution is -2.27. The summed E-state index contributed by atoms with van der Waals surface area (Å²) >= 11 is 2.01. The van der Waals surface area contributed by atoms with Gasteiger partial charge in [-0.25, -0.2) is 0 Å². The maximum atomic E-state index is 7.86. The van der Waals surface area contributed by atoms with Crippen molar-refractivity contribution in [2.45, 2.75) is 37.6 Å². The number of nitrogens with zero attached hydrogens (tertiary/aromatic N) is 1. The molecule has 2 aliphatic heterocycles. The molecule has 23 heavy (non-hydrogen) atoms. The number of ether oxygens (including phenoxy) is 1. The van der Waals surface area contributed by atoms with Crippen LogP contribution in [0.25, 0.3) is 10.9 Å². The van der Waals surface area contributed by atoms with Crippen molar-refractivity contribution < 1.29 is 8.85 Å². The molecule has 2 aliphatic rings. The van der Waals surface area contributed by atoms with Crippen LogP contribution >= 0.6 is 11.8 Å². The molecule has 2 aromatic rings. The van der Waals surface area contributed by atoms with Crippen molar-refractivity contribution in [3.05, 3.63) is 29.5 Å². The molecule has 0 spiro atoms. The number of hydrogen-bond donors (Lipinski definition) is 1. The highest BCUT2D eigenvalue weighted by Crippen LogP contribution is 2.38. The average Bonchev–Trinajstić information content (AvgIpc) is 3.34. The Kier molecular flexibility index (Phi) is 3.41. The minimum Gasteiger partial charge on any atom is -0.497 e. The zero-order chi connectivity index (χ0) is 18.3. The lowest BCUT2D eigenvalue weighted by atomic mass is 9.94. The zero-order valence-electron chi connectivity index (χ0n) is 16.6. The number of aromatic nitrogens is 1. The first-order valence-corrected chi connectivity index (χ1v) is 9.66. The number of benzene rings is 1. The summed E-state index contributed by atoms with van der Waals surface area (Å²) in [4.78, 5) is 5.38. The standard InChI is InChI=1S/C19H26N2OS/c1-21-8-3-4-14(21)10-17-16-11-15(22-2)5-6-18(16)20-19(17)13-7-9-23-12-13/h5-6,11,13-14,20H,3-4,7-10,12H2,1-2H3/t13?,14-/m1/s1/i1D3. The molecule has 3 heterocycles. The summed E-state index contributed by atoms with van der Waals surface area (Å²) in [5, 5.41) is 1.19. The number of fused-ring (bicyclic) bond motifs is 1. The molecule has 3 nitrogen and oxygen atoms in total. The van der Waals surface area contributed by atoms with E-state index in [9.17, 15) is 0 Å². The molecule has 1 unspecified atom stereocenters. The summed E-state index contributed by atoms with van der Waals surface area (Å²) in [7, 11) is 1.69. The molecule has 0 radical (unpaired) electrons. The van der Waals surface area contributed by atoms with Crippen molar-refractivity contribution in [2.24, 2.45) is 0 Å². The van der Waals surface area contributed by atoms with Crippen LogP contribution in [0.2, 0.25) is 0 Å². The highest BCUT2D eigenvalue weighted by atomic mass is 32.2. The van der Waals surface area contributed by atoms with Crippen LogP contribution in [0.1, 0.15) is 40.6 Å². The third kappa shape index (κ3) is 2.87. The van der Waals surface area contributed by atoms with Crippen molar-refractivity contribution in [3.8, 4) is 5.75 Å². The highest BCUT2D eigenvalue weighted by Gasteiger charge is 2.28. The Balaban J connectivity index is 1.74. The van der Waals surface area contributed by atoms with E-state index in [1.54, 1.807) is 12.0 Å². The van der Waals surface area contributed by atoms with Gasteiger partial charge < -0.3 is 14.6 Å². The molecule has 4 heteroatoms. The van der Waals surface area contributed by atoms with Crippen LogP contribution in [0.5, 0.6) is 5.75 Å². The number of thioether (sulfide) groups is 1. The van der Waals surface area contributed by atoms with Gasteiger partial charge in [-0.3, -0.25) is 0 Å². The SMILES string of the molecule is [2H]C([2H])([2H])N1CCC[C@@H]1Cc1c(C2CCSC2)[nH]c2ccc(OC)cc12. The van der Waals surface area contributed by atoms with E-state index in [-0.39, 0.29) is 6.04 Å². The van der Waals surface area contributed by atoms with Gasteiger partial charge in [-0.15, -0.1) is 0 Å². The maximum absolute atomic E-state index is 7.86. The predicted molar refractivity (Wildman–Crippen MR) is 98.9 cm³/mol. The second kappa shape index (κ2) is 6.40. The van der Waals surface area contributed by atoms with Gasteiger partial charge in [-0.1, -0.05) is 0 Å². The Morgan fingerprint density at radius 1 is 1.43 bits per heavy atom. The molecular weight excluding hydrogens is 304 g/mol. The average molecular weight is 334 g/mol. The lowest BCUT2D eigenvalue weighted by Gasteiger charge is -2.21. The first-order chi connectivity index (χ1) is 12.5. The number of rotatable bonds is 4. The molecule has 2 atom stereocenters. The number of likely N-dealkylation sites (N-methyl/N-ethyl adjacent to an activating group) is 1. The molecule has 2 saturated heterocycles. The lowest BCUT2D eigenvalue weighted by molar-refractivity contribution is 0.309. The van der Waals surface area contributed by atoms with E-state index < -0.39 is 6.98 Å². The smallest absolute Gasteiger partial charge is 0.119 e. The van der Waals surface area contributed by atoms with E-state index >= 15 is 0 Å². The molecule has 1 N–H and O–H groups in total. The summed E-state index contributed by atoms with van der Waals surface area (Å²) in [5.74, 6) is 3.73. The summed E-state index contributed by atoms with van der Waals surface area (Å²) in [6.45, 7) is -1.34. The van der Waals surface area contributed by atoms with E-state index in [1.807, 2.05) is 17.8 Å². The first-order valence-electron chi connectivity index (χ1n) is 10.0. The fourth-order valence-electron chi connectivity index (χ4n) is 3.99. The van der Waals surface area contributed by atoms with Crippen LogP contribution < -0.4 is 4.74 Å². The number of H-pyrrole nitrogens is 1. The number of aromatic amines is 1. The van der Waals surface area contributed by atoms with E-state index in [0.717, 1.165) is 36.3 Å². The second-order valence-corrected chi connectivity index (χ2v) is 7.83. The van der Waals surface area contributed by atoms with Gasteiger partial charge in [0.2, 0.25) is 0 Å². The Morgan fingerprint density at radius 2 is 2.39 bits per heavy atom. The topological polar surface area (TPSA) is 28.3 Å². The van der Waals surface area contributed by atoms with E-state index in [2.05, 4.69) is 17.1 Å². The van der Waals surface area contributed by atoms with Crippen LogP contribution in [0.3, 0.4) is 0 Å². The van der Waals surface area contributed by atoms with Crippen molar-refractivity contribution in [1.29, 1.82) is 0 Å². The quantitative estimate of drug-likeness (QED) is 0.915. The van der Waals surface area contributed by atoms with Crippen LogP contribution in [0.4, 0.5) is 0 Å². The van der Waals surface area contributed by atoms with Crippen LogP contribution in [-0.2, 0) is 6.42 Å². The molecule has 4 rings (SSSR count). The molecule has 2 fully saturated rings.